The van der Waals surface area contributed by atoms with Gasteiger partial charge in [0.1, 0.15) is 10.7 Å². The molecule has 0 saturated heterocycles. The summed E-state index contributed by atoms with van der Waals surface area (Å²) in [6.07, 6.45) is 1.94. The third kappa shape index (κ3) is 4.26. The van der Waals surface area contributed by atoms with E-state index < -0.39 is 0 Å². The highest BCUT2D eigenvalue weighted by Gasteiger charge is 2.12. The smallest absolute Gasteiger partial charge is 0.133 e. The zero-order chi connectivity index (χ0) is 15.2. The van der Waals surface area contributed by atoms with Gasteiger partial charge in [0.15, 0.2) is 0 Å². The zero-order valence-electron chi connectivity index (χ0n) is 12.4. The van der Waals surface area contributed by atoms with E-state index in [0.29, 0.717) is 11.6 Å². The van der Waals surface area contributed by atoms with E-state index in [2.05, 4.69) is 29.2 Å². The van der Waals surface area contributed by atoms with E-state index >= 15 is 0 Å². The predicted octanol–water partition coefficient (Wildman–Crippen LogP) is 3.34. The molecule has 2 N–H and O–H groups in total. The topological polar surface area (TPSA) is 48.1 Å². The highest BCUT2D eigenvalue weighted by molar-refractivity contribution is 7.80. The van der Waals surface area contributed by atoms with Crippen LogP contribution in [0.1, 0.15) is 28.9 Å². The first-order valence-corrected chi connectivity index (χ1v) is 7.43. The largest absolute Gasteiger partial charge is 0.493 e. The molecule has 1 aromatic carbocycles. The van der Waals surface area contributed by atoms with Gasteiger partial charge in [-0.25, -0.2) is 0 Å². The number of hydrogen-bond donors (Lipinski definition) is 1. The van der Waals surface area contributed by atoms with Gasteiger partial charge in [0.05, 0.1) is 17.9 Å². The minimum Gasteiger partial charge on any atom is -0.493 e. The fourth-order valence-electron chi connectivity index (χ4n) is 2.31. The first kappa shape index (κ1) is 15.4. The average Bonchev–Trinajstić information content (AvgIpc) is 2.43. The molecule has 0 saturated carbocycles. The standard InChI is InChI=1S/C17H20N2OS/c1-12-11-15(16(17(18)21)13(2)19-12)20-10-6-9-14-7-4-3-5-8-14/h3-5,7-8,11H,6,9-10H2,1-2H3,(H2,18,21). The highest BCUT2D eigenvalue weighted by atomic mass is 32.1. The fourth-order valence-corrected chi connectivity index (χ4v) is 2.56. The number of nitrogens with two attached hydrogens (primary N) is 1. The van der Waals surface area contributed by atoms with Gasteiger partial charge in [0.2, 0.25) is 0 Å². The Hall–Kier alpha value is -1.94. The summed E-state index contributed by atoms with van der Waals surface area (Å²) >= 11 is 5.09. The van der Waals surface area contributed by atoms with E-state index in [4.69, 9.17) is 22.7 Å². The van der Waals surface area contributed by atoms with Crippen LogP contribution in [0.4, 0.5) is 0 Å². The molecule has 0 unspecified atom stereocenters. The highest BCUT2D eigenvalue weighted by Crippen LogP contribution is 2.22. The zero-order valence-corrected chi connectivity index (χ0v) is 13.2. The van der Waals surface area contributed by atoms with Crippen LogP contribution in [0, 0.1) is 13.8 Å². The molecular weight excluding hydrogens is 280 g/mol. The van der Waals surface area contributed by atoms with Gasteiger partial charge in [-0.1, -0.05) is 42.5 Å². The van der Waals surface area contributed by atoms with Crippen molar-refractivity contribution in [3.63, 3.8) is 0 Å². The van der Waals surface area contributed by atoms with Crippen LogP contribution in [-0.2, 0) is 6.42 Å². The van der Waals surface area contributed by atoms with Gasteiger partial charge in [0.25, 0.3) is 0 Å². The number of aryl methyl sites for hydroxylation is 3. The Morgan fingerprint density at radius 2 is 1.95 bits per heavy atom. The Labute approximate surface area is 131 Å². The summed E-state index contributed by atoms with van der Waals surface area (Å²) in [6, 6.07) is 12.3. The number of pyridine rings is 1. The van der Waals surface area contributed by atoms with Gasteiger partial charge in [-0.05, 0) is 32.3 Å². The van der Waals surface area contributed by atoms with Crippen LogP contribution >= 0.6 is 12.2 Å². The van der Waals surface area contributed by atoms with E-state index in [1.165, 1.54) is 5.56 Å². The van der Waals surface area contributed by atoms with E-state index in [0.717, 1.165) is 35.5 Å². The van der Waals surface area contributed by atoms with Crippen LogP contribution in [-0.4, -0.2) is 16.6 Å². The van der Waals surface area contributed by atoms with E-state index in [1.54, 1.807) is 0 Å². The van der Waals surface area contributed by atoms with Crippen molar-refractivity contribution < 1.29 is 4.74 Å². The second-order valence-electron chi connectivity index (χ2n) is 5.02. The molecule has 2 aromatic rings. The maximum atomic E-state index is 5.87. The van der Waals surface area contributed by atoms with Crippen LogP contribution in [0.15, 0.2) is 36.4 Å². The summed E-state index contributed by atoms with van der Waals surface area (Å²) in [5.41, 5.74) is 9.56. The van der Waals surface area contributed by atoms with E-state index in [-0.39, 0.29) is 0 Å². The first-order valence-electron chi connectivity index (χ1n) is 7.02. The lowest BCUT2D eigenvalue weighted by atomic mass is 10.1. The summed E-state index contributed by atoms with van der Waals surface area (Å²) in [6.45, 7) is 4.47. The van der Waals surface area contributed by atoms with Crippen LogP contribution < -0.4 is 10.5 Å². The van der Waals surface area contributed by atoms with Crippen molar-refractivity contribution >= 4 is 17.2 Å². The molecule has 110 valence electrons. The molecule has 0 bridgehead atoms. The predicted molar refractivity (Wildman–Crippen MR) is 89.9 cm³/mol. The summed E-state index contributed by atoms with van der Waals surface area (Å²) in [5, 5.41) is 0. The molecule has 0 aliphatic heterocycles. The maximum Gasteiger partial charge on any atom is 0.133 e. The number of rotatable bonds is 6. The van der Waals surface area contributed by atoms with E-state index in [1.807, 2.05) is 26.0 Å². The summed E-state index contributed by atoms with van der Waals surface area (Å²) in [7, 11) is 0. The molecule has 0 amide bonds. The second-order valence-corrected chi connectivity index (χ2v) is 5.46. The van der Waals surface area contributed by atoms with Crippen molar-refractivity contribution in [1.82, 2.24) is 4.98 Å². The van der Waals surface area contributed by atoms with Gasteiger partial charge in [-0.3, -0.25) is 4.98 Å². The molecule has 1 heterocycles. The minimum atomic E-state index is 0.332. The molecule has 2 rings (SSSR count). The third-order valence-corrected chi connectivity index (χ3v) is 3.45. The third-order valence-electron chi connectivity index (χ3n) is 3.25. The summed E-state index contributed by atoms with van der Waals surface area (Å²) in [4.78, 5) is 4.72. The molecule has 21 heavy (non-hydrogen) atoms. The van der Waals surface area contributed by atoms with Crippen molar-refractivity contribution in [1.29, 1.82) is 0 Å². The number of aromatic nitrogens is 1. The molecule has 0 radical (unpaired) electrons. The SMILES string of the molecule is Cc1cc(OCCCc2ccccc2)c(C(N)=S)c(C)n1. The van der Waals surface area contributed by atoms with Crippen molar-refractivity contribution in [2.45, 2.75) is 26.7 Å². The quantitative estimate of drug-likeness (QED) is 0.656. The average molecular weight is 300 g/mol. The molecule has 0 spiro atoms. The molecule has 4 heteroatoms. The van der Waals surface area contributed by atoms with Gasteiger partial charge in [-0.15, -0.1) is 0 Å². The monoisotopic (exact) mass is 300 g/mol. The Balaban J connectivity index is 1.98. The molecule has 0 aliphatic carbocycles. The molecule has 1 aromatic heterocycles. The number of hydrogen-bond acceptors (Lipinski definition) is 3. The number of ether oxygens (including phenoxy) is 1. The lowest BCUT2D eigenvalue weighted by Gasteiger charge is -2.13. The van der Waals surface area contributed by atoms with E-state index in [9.17, 15) is 0 Å². The van der Waals surface area contributed by atoms with Crippen molar-refractivity contribution in [3.05, 3.63) is 58.9 Å². The first-order chi connectivity index (χ1) is 10.1. The lowest BCUT2D eigenvalue weighted by molar-refractivity contribution is 0.309. The minimum absolute atomic E-state index is 0.332. The lowest BCUT2D eigenvalue weighted by Crippen LogP contribution is -2.15. The van der Waals surface area contributed by atoms with Gasteiger partial charge >= 0.3 is 0 Å². The van der Waals surface area contributed by atoms with Crippen LogP contribution in [0.25, 0.3) is 0 Å². The van der Waals surface area contributed by atoms with Gasteiger partial charge in [0, 0.05) is 11.8 Å². The molecule has 0 atom stereocenters. The van der Waals surface area contributed by atoms with Crippen molar-refractivity contribution in [2.75, 3.05) is 6.61 Å². The summed E-state index contributed by atoms with van der Waals surface area (Å²) in [5.74, 6) is 0.737. The van der Waals surface area contributed by atoms with Crippen molar-refractivity contribution in [2.24, 2.45) is 5.73 Å². The van der Waals surface area contributed by atoms with Crippen molar-refractivity contribution in [3.8, 4) is 5.75 Å². The number of nitrogens with zero attached hydrogens (tertiary/aromatic N) is 1. The van der Waals surface area contributed by atoms with Crippen LogP contribution in [0.3, 0.4) is 0 Å². The Morgan fingerprint density at radius 3 is 2.62 bits per heavy atom. The molecule has 0 aliphatic rings. The van der Waals surface area contributed by atoms with Crippen LogP contribution in [0.5, 0.6) is 5.75 Å². The number of thiocarbonyl (C=S) groups is 1. The molecule has 3 nitrogen and oxygen atoms in total. The van der Waals surface area contributed by atoms with Gasteiger partial charge < -0.3 is 10.5 Å². The van der Waals surface area contributed by atoms with Gasteiger partial charge in [-0.2, -0.15) is 0 Å². The fraction of sp³-hybridized carbons (Fsp3) is 0.294. The second kappa shape index (κ2) is 7.18. The molecule has 0 fully saturated rings. The molecular formula is C17H20N2OS. The Bertz CT molecular complexity index is 626. The number of benzene rings is 1. The maximum absolute atomic E-state index is 5.87. The van der Waals surface area contributed by atoms with Crippen LogP contribution in [0.2, 0.25) is 0 Å². The Morgan fingerprint density at radius 1 is 1.24 bits per heavy atom. The summed E-state index contributed by atoms with van der Waals surface area (Å²) < 4.78 is 5.87. The Kier molecular flexibility index (Phi) is 5.28. The normalized spacial score (nSPS) is 10.4.